The van der Waals surface area contributed by atoms with Crippen molar-refractivity contribution in [2.24, 2.45) is 5.73 Å². The number of nitrogens with one attached hydrogen (secondary N) is 1. The van der Waals surface area contributed by atoms with E-state index in [2.05, 4.69) is 5.32 Å². The molecule has 86 valence electrons. The molecule has 0 heterocycles. The highest BCUT2D eigenvalue weighted by Crippen LogP contribution is 2.31. The quantitative estimate of drug-likeness (QED) is 0.311. The molecule has 0 unspecified atom stereocenters. The van der Waals surface area contributed by atoms with E-state index >= 15 is 0 Å². The van der Waals surface area contributed by atoms with E-state index < -0.39 is 26.4 Å². The standard InChI is InChI=1S/C3H8NO5P.C2H6ClN/c5-3(6)1-4-2-10(7,8)9;3-1-2-4/h4H,1-2H2,(H,5,6)(H2,7,8,9);1-2,4H2. The average molecular weight is 249 g/mol. The van der Waals surface area contributed by atoms with Gasteiger partial charge in [0, 0.05) is 12.4 Å². The smallest absolute Gasteiger partial charge is 0.339 e. The SMILES string of the molecule is NCCCl.O=C(O)CNCP(=O)(O)O. The molecular weight excluding hydrogens is 234 g/mol. The highest BCUT2D eigenvalue weighted by molar-refractivity contribution is 7.51. The van der Waals surface area contributed by atoms with E-state index in [1.807, 2.05) is 0 Å². The van der Waals surface area contributed by atoms with Gasteiger partial charge in [0.25, 0.3) is 0 Å². The third-order valence-corrected chi connectivity index (χ3v) is 1.56. The lowest BCUT2D eigenvalue weighted by Gasteiger charge is -2.02. The molecule has 14 heavy (non-hydrogen) atoms. The number of rotatable bonds is 5. The summed E-state index contributed by atoms with van der Waals surface area (Å²) in [5.74, 6) is -0.576. The van der Waals surface area contributed by atoms with E-state index in [0.29, 0.717) is 12.4 Å². The Kier molecular flexibility index (Phi) is 10.9. The summed E-state index contributed by atoms with van der Waals surface area (Å²) >= 11 is 5.06. The van der Waals surface area contributed by atoms with Crippen molar-refractivity contribution in [3.63, 3.8) is 0 Å². The second-order valence-corrected chi connectivity index (χ2v) is 4.14. The topological polar surface area (TPSA) is 133 Å². The van der Waals surface area contributed by atoms with Gasteiger partial charge in [-0.1, -0.05) is 0 Å². The largest absolute Gasteiger partial charge is 0.480 e. The van der Waals surface area contributed by atoms with Crippen molar-refractivity contribution in [3.05, 3.63) is 0 Å². The predicted molar refractivity (Wildman–Crippen MR) is 52.3 cm³/mol. The van der Waals surface area contributed by atoms with Gasteiger partial charge in [-0.15, -0.1) is 11.6 Å². The van der Waals surface area contributed by atoms with Crippen LogP contribution < -0.4 is 11.1 Å². The Morgan fingerprint density at radius 2 is 1.93 bits per heavy atom. The van der Waals surface area contributed by atoms with Crippen LogP contribution in [0.4, 0.5) is 0 Å². The predicted octanol–water partition coefficient (Wildman–Crippen LogP) is -1.02. The minimum Gasteiger partial charge on any atom is -0.480 e. The maximum atomic E-state index is 10.1. The van der Waals surface area contributed by atoms with Crippen LogP contribution in [0.15, 0.2) is 0 Å². The molecule has 0 aliphatic heterocycles. The Morgan fingerprint density at radius 3 is 2.14 bits per heavy atom. The van der Waals surface area contributed by atoms with Crippen molar-refractivity contribution in [3.8, 4) is 0 Å². The molecule has 0 aromatic carbocycles. The summed E-state index contributed by atoms with van der Waals surface area (Å²) < 4.78 is 10.1. The van der Waals surface area contributed by atoms with Gasteiger partial charge in [-0.05, 0) is 0 Å². The number of hydrogen-bond donors (Lipinski definition) is 5. The van der Waals surface area contributed by atoms with Gasteiger partial charge in [0.2, 0.25) is 0 Å². The molecule has 9 heteroatoms. The molecule has 7 nitrogen and oxygen atoms in total. The van der Waals surface area contributed by atoms with E-state index in [0.717, 1.165) is 0 Å². The van der Waals surface area contributed by atoms with Crippen molar-refractivity contribution in [1.82, 2.24) is 5.32 Å². The molecule has 0 atom stereocenters. The van der Waals surface area contributed by atoms with Crippen molar-refractivity contribution in [1.29, 1.82) is 0 Å². The average Bonchev–Trinajstić information content (AvgIpc) is 2.02. The minimum atomic E-state index is -4.10. The third-order valence-electron chi connectivity index (χ3n) is 0.703. The first-order chi connectivity index (χ1) is 6.33. The summed E-state index contributed by atoms with van der Waals surface area (Å²) in [6.45, 7) is 0.146. The van der Waals surface area contributed by atoms with Gasteiger partial charge in [-0.25, -0.2) is 0 Å². The number of hydrogen-bond acceptors (Lipinski definition) is 4. The first kappa shape index (κ1) is 16.3. The Balaban J connectivity index is 0. The van der Waals surface area contributed by atoms with Crippen LogP contribution in [-0.2, 0) is 9.36 Å². The molecule has 0 spiro atoms. The minimum absolute atomic E-state index is 0.439. The van der Waals surface area contributed by atoms with Crippen LogP contribution in [-0.4, -0.2) is 46.1 Å². The van der Waals surface area contributed by atoms with Crippen LogP contribution >= 0.6 is 19.2 Å². The molecule has 0 rings (SSSR count). The van der Waals surface area contributed by atoms with Gasteiger partial charge in [-0.2, -0.15) is 0 Å². The Bertz CT molecular complexity index is 195. The van der Waals surface area contributed by atoms with Gasteiger partial charge >= 0.3 is 13.6 Å². The highest BCUT2D eigenvalue weighted by atomic mass is 35.5. The summed E-state index contributed by atoms with van der Waals surface area (Å²) in [4.78, 5) is 26.1. The van der Waals surface area contributed by atoms with Crippen molar-refractivity contribution in [2.45, 2.75) is 0 Å². The van der Waals surface area contributed by atoms with Crippen molar-refractivity contribution < 1.29 is 24.3 Å². The van der Waals surface area contributed by atoms with Gasteiger partial charge in [0.05, 0.1) is 12.8 Å². The lowest BCUT2D eigenvalue weighted by atomic mass is 10.7. The second-order valence-electron chi connectivity index (χ2n) is 2.12. The lowest BCUT2D eigenvalue weighted by molar-refractivity contribution is -0.135. The molecule has 0 bridgehead atoms. The van der Waals surface area contributed by atoms with Crippen LogP contribution in [0.5, 0.6) is 0 Å². The summed E-state index contributed by atoms with van der Waals surface area (Å²) in [7, 11) is -4.10. The fourth-order valence-electron chi connectivity index (χ4n) is 0.308. The number of nitrogens with two attached hydrogens (primary N) is 1. The van der Waals surface area contributed by atoms with Gasteiger partial charge in [-0.3, -0.25) is 14.7 Å². The first-order valence-electron chi connectivity index (χ1n) is 3.56. The molecule has 0 aliphatic carbocycles. The van der Waals surface area contributed by atoms with Crippen LogP contribution in [0.25, 0.3) is 0 Å². The fourth-order valence-corrected chi connectivity index (χ4v) is 0.712. The second kappa shape index (κ2) is 9.39. The number of carboxylic acid groups (broad SMARTS) is 1. The maximum Gasteiger partial charge on any atom is 0.339 e. The zero-order valence-electron chi connectivity index (χ0n) is 7.39. The Morgan fingerprint density at radius 1 is 1.50 bits per heavy atom. The zero-order chi connectivity index (χ0) is 11.6. The molecular formula is C5H14ClN2O5P. The molecule has 0 aromatic rings. The van der Waals surface area contributed by atoms with Gasteiger partial charge in [0.1, 0.15) is 0 Å². The first-order valence-corrected chi connectivity index (χ1v) is 5.89. The van der Waals surface area contributed by atoms with Crippen LogP contribution in [0.3, 0.4) is 0 Å². The van der Waals surface area contributed by atoms with Crippen LogP contribution in [0, 0.1) is 0 Å². The number of alkyl halides is 1. The summed E-state index contributed by atoms with van der Waals surface area (Å²) in [6, 6.07) is 0. The van der Waals surface area contributed by atoms with Crippen molar-refractivity contribution in [2.75, 3.05) is 25.3 Å². The normalized spacial score (nSPS) is 10.3. The summed E-state index contributed by atoms with van der Waals surface area (Å²) in [5.41, 5.74) is 4.90. The van der Waals surface area contributed by atoms with Crippen LogP contribution in [0.1, 0.15) is 0 Å². The summed E-state index contributed by atoms with van der Waals surface area (Å²) in [6.07, 6.45) is -0.598. The molecule has 0 aromatic heterocycles. The van der Waals surface area contributed by atoms with E-state index in [4.69, 9.17) is 32.2 Å². The molecule has 0 saturated carbocycles. The molecule has 0 aliphatic rings. The molecule has 0 saturated heterocycles. The number of halogens is 1. The van der Waals surface area contributed by atoms with Crippen LogP contribution in [0.2, 0.25) is 0 Å². The summed E-state index contributed by atoms with van der Waals surface area (Å²) in [5, 5.41) is 10.1. The zero-order valence-corrected chi connectivity index (χ0v) is 9.04. The van der Waals surface area contributed by atoms with Gasteiger partial charge in [0.15, 0.2) is 0 Å². The Hall–Kier alpha value is -0.170. The van der Waals surface area contributed by atoms with E-state index in [1.165, 1.54) is 0 Å². The molecule has 6 N–H and O–H groups in total. The van der Waals surface area contributed by atoms with E-state index in [1.54, 1.807) is 0 Å². The number of carboxylic acids is 1. The molecule has 0 radical (unpaired) electrons. The fraction of sp³-hybridized carbons (Fsp3) is 0.800. The number of carbonyl (C=O) groups is 1. The van der Waals surface area contributed by atoms with Gasteiger partial charge < -0.3 is 20.6 Å². The Labute approximate surface area is 86.4 Å². The van der Waals surface area contributed by atoms with E-state index in [-0.39, 0.29) is 0 Å². The lowest BCUT2D eigenvalue weighted by Crippen LogP contribution is -2.23. The molecule has 0 amide bonds. The highest BCUT2D eigenvalue weighted by Gasteiger charge is 2.11. The van der Waals surface area contributed by atoms with Crippen molar-refractivity contribution >= 4 is 25.2 Å². The number of aliphatic carboxylic acids is 1. The van der Waals surface area contributed by atoms with E-state index in [9.17, 15) is 9.36 Å². The monoisotopic (exact) mass is 248 g/mol. The third kappa shape index (κ3) is 22.6. The molecule has 0 fully saturated rings. The maximum absolute atomic E-state index is 10.1.